The van der Waals surface area contributed by atoms with E-state index in [1.165, 1.54) is 5.56 Å². The lowest BCUT2D eigenvalue weighted by molar-refractivity contribution is 0.0625. The van der Waals surface area contributed by atoms with E-state index in [1.54, 1.807) is 0 Å². The summed E-state index contributed by atoms with van der Waals surface area (Å²) >= 11 is 0. The fourth-order valence-electron chi connectivity index (χ4n) is 4.18. The molecule has 0 aliphatic carbocycles. The maximum absolute atomic E-state index is 6.05. The Hall–Kier alpha value is -2.34. The van der Waals surface area contributed by atoms with Crippen molar-refractivity contribution in [3.63, 3.8) is 0 Å². The van der Waals surface area contributed by atoms with Gasteiger partial charge in [0.1, 0.15) is 17.4 Å². The molecule has 0 aromatic carbocycles. The summed E-state index contributed by atoms with van der Waals surface area (Å²) in [6.45, 7) is 10.6. The third kappa shape index (κ3) is 4.64. The molecule has 6 nitrogen and oxygen atoms in total. The Kier molecular flexibility index (Phi) is 5.90. The lowest BCUT2D eigenvalue weighted by Crippen LogP contribution is -2.24. The molecular formula is C23H32N4O2. The minimum absolute atomic E-state index is 0.273. The number of fused-ring (bicyclic) bond motifs is 1. The van der Waals surface area contributed by atoms with Crippen LogP contribution >= 0.6 is 0 Å². The molecule has 2 aromatic heterocycles. The summed E-state index contributed by atoms with van der Waals surface area (Å²) in [4.78, 5) is 9.61. The van der Waals surface area contributed by atoms with E-state index in [4.69, 9.17) is 19.4 Å². The zero-order valence-electron chi connectivity index (χ0n) is 17.9. The SMILES string of the molecule is CC(C)Nc1cccc([C@@H]2COCC(c3cc(NC(C)C)nc4c3OCC4)C2)n1. The van der Waals surface area contributed by atoms with Crippen LogP contribution in [0.2, 0.25) is 0 Å². The van der Waals surface area contributed by atoms with Crippen LogP contribution in [-0.2, 0) is 11.2 Å². The van der Waals surface area contributed by atoms with Gasteiger partial charge < -0.3 is 20.1 Å². The highest BCUT2D eigenvalue weighted by atomic mass is 16.5. The monoisotopic (exact) mass is 396 g/mol. The Balaban J connectivity index is 1.58. The molecule has 0 saturated carbocycles. The molecule has 29 heavy (non-hydrogen) atoms. The van der Waals surface area contributed by atoms with Crippen molar-refractivity contribution in [2.75, 3.05) is 30.5 Å². The quantitative estimate of drug-likeness (QED) is 0.757. The van der Waals surface area contributed by atoms with Crippen molar-refractivity contribution in [2.45, 2.75) is 64.5 Å². The van der Waals surface area contributed by atoms with E-state index in [0.717, 1.165) is 41.6 Å². The number of nitrogens with one attached hydrogen (secondary N) is 2. The van der Waals surface area contributed by atoms with Crippen LogP contribution in [0.25, 0.3) is 0 Å². The molecule has 2 aromatic rings. The molecule has 4 rings (SSSR count). The second-order valence-electron chi connectivity index (χ2n) is 8.68. The zero-order chi connectivity index (χ0) is 20.4. The van der Waals surface area contributed by atoms with Crippen molar-refractivity contribution in [1.82, 2.24) is 9.97 Å². The van der Waals surface area contributed by atoms with Gasteiger partial charge in [-0.15, -0.1) is 0 Å². The van der Waals surface area contributed by atoms with Crippen molar-refractivity contribution in [2.24, 2.45) is 0 Å². The molecule has 0 amide bonds. The number of pyridine rings is 2. The average molecular weight is 397 g/mol. The standard InChI is InChI=1S/C23H32N4O2/c1-14(2)24-21-7-5-6-19(26-21)17-10-16(12-28-13-17)18-11-22(25-15(3)4)27-20-8-9-29-23(18)20/h5-7,11,14-17H,8-10,12-13H2,1-4H3,(H,24,26)(H,25,27)/t16?,17-/m0/s1. The second kappa shape index (κ2) is 8.57. The Morgan fingerprint density at radius 3 is 2.52 bits per heavy atom. The summed E-state index contributed by atoms with van der Waals surface area (Å²) in [5, 5.41) is 6.85. The molecule has 1 unspecified atom stereocenters. The number of ether oxygens (including phenoxy) is 2. The van der Waals surface area contributed by atoms with E-state index < -0.39 is 0 Å². The van der Waals surface area contributed by atoms with E-state index in [1.807, 2.05) is 6.07 Å². The Morgan fingerprint density at radius 1 is 0.966 bits per heavy atom. The number of aromatic nitrogens is 2. The Morgan fingerprint density at radius 2 is 1.72 bits per heavy atom. The van der Waals surface area contributed by atoms with Crippen molar-refractivity contribution in [3.8, 4) is 5.75 Å². The highest BCUT2D eigenvalue weighted by Gasteiger charge is 2.31. The fourth-order valence-corrected chi connectivity index (χ4v) is 4.18. The average Bonchev–Trinajstić information content (AvgIpc) is 3.15. The highest BCUT2D eigenvalue weighted by molar-refractivity contribution is 5.52. The lowest BCUT2D eigenvalue weighted by Gasteiger charge is -2.30. The summed E-state index contributed by atoms with van der Waals surface area (Å²) in [6.07, 6.45) is 1.87. The van der Waals surface area contributed by atoms with Gasteiger partial charge in [0.05, 0.1) is 25.5 Å². The third-order valence-electron chi connectivity index (χ3n) is 5.37. The van der Waals surface area contributed by atoms with Crippen molar-refractivity contribution >= 4 is 11.6 Å². The molecule has 2 aliphatic rings. The van der Waals surface area contributed by atoms with Gasteiger partial charge in [-0.05, 0) is 52.3 Å². The molecule has 2 atom stereocenters. The predicted octanol–water partition coefficient (Wildman–Crippen LogP) is 4.34. The van der Waals surface area contributed by atoms with Gasteiger partial charge >= 0.3 is 0 Å². The number of nitrogens with zero attached hydrogens (tertiary/aromatic N) is 2. The predicted molar refractivity (Wildman–Crippen MR) is 116 cm³/mol. The first-order chi connectivity index (χ1) is 14.0. The fraction of sp³-hybridized carbons (Fsp3) is 0.565. The highest BCUT2D eigenvalue weighted by Crippen LogP contribution is 2.41. The first-order valence-corrected chi connectivity index (χ1v) is 10.7. The molecule has 1 saturated heterocycles. The van der Waals surface area contributed by atoms with Crippen molar-refractivity contribution < 1.29 is 9.47 Å². The van der Waals surface area contributed by atoms with Gasteiger partial charge in [0.15, 0.2) is 0 Å². The largest absolute Gasteiger partial charge is 0.491 e. The maximum atomic E-state index is 6.05. The number of hydrogen-bond acceptors (Lipinski definition) is 6. The van der Waals surface area contributed by atoms with Gasteiger partial charge in [0, 0.05) is 41.6 Å². The molecule has 1 fully saturated rings. The summed E-state index contributed by atoms with van der Waals surface area (Å²) < 4.78 is 12.0. The first-order valence-electron chi connectivity index (χ1n) is 10.7. The van der Waals surface area contributed by atoms with E-state index >= 15 is 0 Å². The van der Waals surface area contributed by atoms with Crippen LogP contribution in [0.1, 0.15) is 62.9 Å². The molecule has 4 heterocycles. The maximum Gasteiger partial charge on any atom is 0.144 e. The second-order valence-corrected chi connectivity index (χ2v) is 8.68. The summed E-state index contributed by atoms with van der Waals surface area (Å²) in [5.74, 6) is 3.38. The minimum Gasteiger partial charge on any atom is -0.491 e. The molecular weight excluding hydrogens is 364 g/mol. The zero-order valence-corrected chi connectivity index (χ0v) is 17.9. The molecule has 2 aliphatic heterocycles. The molecule has 0 bridgehead atoms. The van der Waals surface area contributed by atoms with Crippen LogP contribution in [0.5, 0.6) is 5.75 Å². The van der Waals surface area contributed by atoms with Crippen molar-refractivity contribution in [1.29, 1.82) is 0 Å². The van der Waals surface area contributed by atoms with Gasteiger partial charge in [-0.25, -0.2) is 9.97 Å². The topological polar surface area (TPSA) is 68.3 Å². The lowest BCUT2D eigenvalue weighted by atomic mass is 9.85. The van der Waals surface area contributed by atoms with Gasteiger partial charge in [-0.1, -0.05) is 6.07 Å². The van der Waals surface area contributed by atoms with Gasteiger partial charge in [0.25, 0.3) is 0 Å². The molecule has 0 radical (unpaired) electrons. The number of rotatable bonds is 6. The summed E-state index contributed by atoms with van der Waals surface area (Å²) in [7, 11) is 0. The van der Waals surface area contributed by atoms with Crippen LogP contribution in [0.15, 0.2) is 24.3 Å². The van der Waals surface area contributed by atoms with Gasteiger partial charge in [0.2, 0.25) is 0 Å². The minimum atomic E-state index is 0.273. The Bertz CT molecular complexity index is 853. The molecule has 2 N–H and O–H groups in total. The van der Waals surface area contributed by atoms with E-state index in [-0.39, 0.29) is 11.8 Å². The van der Waals surface area contributed by atoms with Crippen LogP contribution in [0.3, 0.4) is 0 Å². The third-order valence-corrected chi connectivity index (χ3v) is 5.37. The number of hydrogen-bond donors (Lipinski definition) is 2. The number of anilines is 2. The smallest absolute Gasteiger partial charge is 0.144 e. The van der Waals surface area contributed by atoms with Crippen LogP contribution in [0, 0.1) is 0 Å². The normalized spacial score (nSPS) is 21.2. The van der Waals surface area contributed by atoms with Gasteiger partial charge in [-0.3, -0.25) is 0 Å². The van der Waals surface area contributed by atoms with Crippen LogP contribution in [0.4, 0.5) is 11.6 Å². The van der Waals surface area contributed by atoms with E-state index in [0.29, 0.717) is 31.9 Å². The molecule has 6 heteroatoms. The van der Waals surface area contributed by atoms with Crippen LogP contribution < -0.4 is 15.4 Å². The molecule has 156 valence electrons. The van der Waals surface area contributed by atoms with Crippen LogP contribution in [-0.4, -0.2) is 41.9 Å². The summed E-state index contributed by atoms with van der Waals surface area (Å²) in [6, 6.07) is 9.07. The Labute approximate surface area is 173 Å². The van der Waals surface area contributed by atoms with E-state index in [2.05, 4.69) is 56.5 Å². The first kappa shape index (κ1) is 20.0. The van der Waals surface area contributed by atoms with Gasteiger partial charge in [-0.2, -0.15) is 0 Å². The van der Waals surface area contributed by atoms with E-state index in [9.17, 15) is 0 Å². The molecule has 0 spiro atoms. The summed E-state index contributed by atoms with van der Waals surface area (Å²) in [5.41, 5.74) is 3.37. The van der Waals surface area contributed by atoms with Crippen molar-refractivity contribution in [3.05, 3.63) is 41.2 Å².